The molecule has 35 heavy (non-hydrogen) atoms. The lowest BCUT2D eigenvalue weighted by atomic mass is 9.96. The number of pyridine rings is 1. The average molecular weight is 496 g/mol. The molecular weight excluding hydrogens is 469 g/mol. The molecule has 0 aliphatic carbocycles. The molecule has 0 spiro atoms. The lowest BCUT2D eigenvalue weighted by molar-refractivity contribution is -0.123. The second-order valence-electron chi connectivity index (χ2n) is 8.47. The Morgan fingerprint density at radius 1 is 1.00 bits per heavy atom. The van der Waals surface area contributed by atoms with E-state index in [1.807, 2.05) is 12.1 Å². The summed E-state index contributed by atoms with van der Waals surface area (Å²) in [5.41, 5.74) is 2.17. The predicted octanol–water partition coefficient (Wildman–Crippen LogP) is 4.77. The van der Waals surface area contributed by atoms with Gasteiger partial charge < -0.3 is 20.9 Å². The molecule has 1 aliphatic heterocycles. The number of aromatic nitrogens is 1. The van der Waals surface area contributed by atoms with Gasteiger partial charge in [0.15, 0.2) is 0 Å². The molecule has 182 valence electrons. The molecule has 1 fully saturated rings. The smallest absolute Gasteiger partial charge is 0.320 e. The topological polar surface area (TPSA) is 86.4 Å². The minimum atomic E-state index is -0.972. The van der Waals surface area contributed by atoms with Crippen molar-refractivity contribution in [2.45, 2.75) is 18.9 Å². The number of hydrogen-bond donors (Lipinski definition) is 3. The van der Waals surface area contributed by atoms with E-state index in [0.717, 1.165) is 31.6 Å². The number of nitrogens with one attached hydrogen (secondary N) is 3. The Bertz CT molecular complexity index is 1120. The highest BCUT2D eigenvalue weighted by molar-refractivity contribution is 6.30. The summed E-state index contributed by atoms with van der Waals surface area (Å²) in [6.07, 6.45) is 5.45. The summed E-state index contributed by atoms with van der Waals surface area (Å²) in [4.78, 5) is 32.1. The molecule has 3 N–H and O–H groups in total. The van der Waals surface area contributed by atoms with Crippen molar-refractivity contribution in [3.05, 3.63) is 89.5 Å². The summed E-state index contributed by atoms with van der Waals surface area (Å²) in [7, 11) is 0. The first-order valence-electron chi connectivity index (χ1n) is 11.5. The van der Waals surface area contributed by atoms with Crippen LogP contribution in [-0.2, 0) is 4.79 Å². The summed E-state index contributed by atoms with van der Waals surface area (Å²) in [6.45, 7) is 2.29. The molecule has 0 radical (unpaired) electrons. The standard InChI is InChI=1S/C26H27ClFN5O2/c27-20-3-7-22(8-4-20)31-26(35)32-24(19-1-5-21(28)6-2-19)25(34)30-17-18-11-15-33(16-12-18)23-9-13-29-14-10-23/h1-10,13-14,18,24H,11-12,15-17H2,(H,30,34)(H2,31,32,35)/t24-/m1/s1. The molecular formula is C26H27ClFN5O2. The molecule has 2 aromatic carbocycles. The third kappa shape index (κ3) is 6.93. The van der Waals surface area contributed by atoms with E-state index in [9.17, 15) is 14.0 Å². The minimum absolute atomic E-state index is 0.328. The maximum atomic E-state index is 13.5. The zero-order valence-electron chi connectivity index (χ0n) is 19.1. The van der Waals surface area contributed by atoms with E-state index < -0.39 is 17.9 Å². The number of amides is 3. The monoisotopic (exact) mass is 495 g/mol. The van der Waals surface area contributed by atoms with E-state index in [2.05, 4.69) is 25.8 Å². The Kier molecular flexibility index (Phi) is 8.15. The molecule has 1 atom stereocenters. The highest BCUT2D eigenvalue weighted by Gasteiger charge is 2.25. The Hall–Kier alpha value is -3.65. The van der Waals surface area contributed by atoms with Gasteiger partial charge >= 0.3 is 6.03 Å². The van der Waals surface area contributed by atoms with Crippen molar-refractivity contribution >= 4 is 34.9 Å². The number of carbonyl (C=O) groups is 2. The van der Waals surface area contributed by atoms with Crippen LogP contribution in [0, 0.1) is 11.7 Å². The van der Waals surface area contributed by atoms with Crippen LogP contribution in [0.3, 0.4) is 0 Å². The number of hydrogen-bond acceptors (Lipinski definition) is 4. The van der Waals surface area contributed by atoms with Gasteiger partial charge in [-0.25, -0.2) is 9.18 Å². The number of nitrogens with zero attached hydrogens (tertiary/aromatic N) is 2. The largest absolute Gasteiger partial charge is 0.371 e. The zero-order valence-corrected chi connectivity index (χ0v) is 19.8. The van der Waals surface area contributed by atoms with Gasteiger partial charge in [0.1, 0.15) is 11.9 Å². The van der Waals surface area contributed by atoms with E-state index in [0.29, 0.717) is 28.7 Å². The van der Waals surface area contributed by atoms with Crippen molar-refractivity contribution in [1.82, 2.24) is 15.6 Å². The summed E-state index contributed by atoms with van der Waals surface area (Å²) in [5, 5.41) is 8.91. The second-order valence-corrected chi connectivity index (χ2v) is 8.91. The van der Waals surface area contributed by atoms with Gasteiger partial charge in [0.25, 0.3) is 0 Å². The van der Waals surface area contributed by atoms with Gasteiger partial charge in [0, 0.05) is 48.4 Å². The second kappa shape index (κ2) is 11.7. The van der Waals surface area contributed by atoms with Gasteiger partial charge in [-0.05, 0) is 72.9 Å². The molecule has 2 heterocycles. The Balaban J connectivity index is 1.35. The first-order chi connectivity index (χ1) is 17.0. The normalized spacial score (nSPS) is 14.7. The Morgan fingerprint density at radius 2 is 1.66 bits per heavy atom. The van der Waals surface area contributed by atoms with Crippen LogP contribution in [0.2, 0.25) is 5.02 Å². The van der Waals surface area contributed by atoms with Gasteiger partial charge in [0.05, 0.1) is 0 Å². The van der Waals surface area contributed by atoms with Crippen LogP contribution in [-0.4, -0.2) is 36.6 Å². The highest BCUT2D eigenvalue weighted by atomic mass is 35.5. The van der Waals surface area contributed by atoms with Crippen LogP contribution in [0.4, 0.5) is 20.6 Å². The van der Waals surface area contributed by atoms with Crippen LogP contribution in [0.1, 0.15) is 24.4 Å². The van der Waals surface area contributed by atoms with Gasteiger partial charge in [-0.15, -0.1) is 0 Å². The predicted molar refractivity (Wildman–Crippen MR) is 135 cm³/mol. The number of rotatable bonds is 7. The SMILES string of the molecule is O=C(Nc1ccc(Cl)cc1)N[C@@H](C(=O)NCC1CCN(c2ccncc2)CC1)c1ccc(F)cc1. The number of urea groups is 1. The van der Waals surface area contributed by atoms with Crippen LogP contribution in [0.25, 0.3) is 0 Å². The van der Waals surface area contributed by atoms with Crippen LogP contribution >= 0.6 is 11.6 Å². The summed E-state index contributed by atoms with van der Waals surface area (Å²) < 4.78 is 13.5. The fourth-order valence-electron chi connectivity index (χ4n) is 4.08. The quantitative estimate of drug-likeness (QED) is 0.440. The van der Waals surface area contributed by atoms with Crippen molar-refractivity contribution in [3.8, 4) is 0 Å². The van der Waals surface area contributed by atoms with Crippen molar-refractivity contribution in [2.75, 3.05) is 29.9 Å². The molecule has 3 aromatic rings. The highest BCUT2D eigenvalue weighted by Crippen LogP contribution is 2.23. The van der Waals surface area contributed by atoms with E-state index >= 15 is 0 Å². The van der Waals surface area contributed by atoms with Gasteiger partial charge in [0.2, 0.25) is 5.91 Å². The lowest BCUT2D eigenvalue weighted by Gasteiger charge is -2.33. The molecule has 0 saturated carbocycles. The van der Waals surface area contributed by atoms with Crippen molar-refractivity contribution < 1.29 is 14.0 Å². The van der Waals surface area contributed by atoms with Gasteiger partial charge in [-0.1, -0.05) is 23.7 Å². The molecule has 1 saturated heterocycles. The Morgan fingerprint density at radius 3 is 2.31 bits per heavy atom. The molecule has 1 aromatic heterocycles. The maximum absolute atomic E-state index is 13.5. The Labute approximate surface area is 208 Å². The van der Waals surface area contributed by atoms with Crippen LogP contribution < -0.4 is 20.9 Å². The molecule has 3 amide bonds. The first kappa shape index (κ1) is 24.5. The van der Waals surface area contributed by atoms with E-state index in [4.69, 9.17) is 11.6 Å². The number of carbonyl (C=O) groups excluding carboxylic acids is 2. The lowest BCUT2D eigenvalue weighted by Crippen LogP contribution is -2.44. The molecule has 4 rings (SSSR count). The fraction of sp³-hybridized carbons (Fsp3) is 0.269. The van der Waals surface area contributed by atoms with Gasteiger partial charge in [-0.3, -0.25) is 9.78 Å². The van der Waals surface area contributed by atoms with Crippen molar-refractivity contribution in [3.63, 3.8) is 0 Å². The minimum Gasteiger partial charge on any atom is -0.371 e. The third-order valence-corrected chi connectivity index (χ3v) is 6.30. The van der Waals surface area contributed by atoms with Gasteiger partial charge in [-0.2, -0.15) is 0 Å². The number of benzene rings is 2. The van der Waals surface area contributed by atoms with E-state index in [1.165, 1.54) is 24.3 Å². The summed E-state index contributed by atoms with van der Waals surface area (Å²) in [5.74, 6) is -0.437. The maximum Gasteiger partial charge on any atom is 0.320 e. The third-order valence-electron chi connectivity index (χ3n) is 6.05. The molecule has 1 aliphatic rings. The molecule has 9 heteroatoms. The number of piperidine rings is 1. The molecule has 0 unspecified atom stereocenters. The van der Waals surface area contributed by atoms with Crippen molar-refractivity contribution in [1.29, 1.82) is 0 Å². The van der Waals surface area contributed by atoms with E-state index in [-0.39, 0.29) is 5.91 Å². The molecule has 0 bridgehead atoms. The fourth-order valence-corrected chi connectivity index (χ4v) is 4.21. The van der Waals surface area contributed by atoms with Crippen LogP contribution in [0.5, 0.6) is 0 Å². The number of anilines is 2. The summed E-state index contributed by atoms with van der Waals surface area (Å²) >= 11 is 5.89. The zero-order chi connectivity index (χ0) is 24.6. The van der Waals surface area contributed by atoms with E-state index in [1.54, 1.807) is 36.7 Å². The number of halogens is 2. The average Bonchev–Trinajstić information content (AvgIpc) is 2.89. The first-order valence-corrected chi connectivity index (χ1v) is 11.9. The summed E-state index contributed by atoms with van der Waals surface area (Å²) in [6, 6.07) is 14.6. The van der Waals surface area contributed by atoms with Crippen molar-refractivity contribution in [2.24, 2.45) is 5.92 Å². The molecule has 7 nitrogen and oxygen atoms in total. The van der Waals surface area contributed by atoms with Crippen LogP contribution in [0.15, 0.2) is 73.1 Å².